The molecule has 10 heteroatoms. The Morgan fingerprint density at radius 1 is 1.25 bits per heavy atom. The summed E-state index contributed by atoms with van der Waals surface area (Å²) >= 11 is 0. The lowest BCUT2D eigenvalue weighted by atomic mass is 10.2. The van der Waals surface area contributed by atoms with Crippen LogP contribution in [0.25, 0.3) is 11.2 Å². The fourth-order valence-corrected chi connectivity index (χ4v) is 3.12. The van der Waals surface area contributed by atoms with Crippen molar-refractivity contribution >= 4 is 22.9 Å². The molecule has 0 spiro atoms. The van der Waals surface area contributed by atoms with Gasteiger partial charge >= 0.3 is 5.69 Å². The number of hydrogen-bond acceptors (Lipinski definition) is 5. The number of fused-ring (bicyclic) bond motifs is 1. The fraction of sp³-hybridized carbons (Fsp3) is 0.500. The van der Waals surface area contributed by atoms with E-state index in [1.165, 1.54) is 17.9 Å². The topological polar surface area (TPSA) is 109 Å². The Hall–Kier alpha value is -3.17. The summed E-state index contributed by atoms with van der Waals surface area (Å²) in [5.74, 6) is 0.561. The molecule has 0 aliphatic carbocycles. The first kappa shape index (κ1) is 19.6. The largest absolute Gasteiger partial charge is 0.332 e. The molecular formula is C18H25N7O3. The second-order valence-electron chi connectivity index (χ2n) is 6.89. The Morgan fingerprint density at radius 3 is 2.71 bits per heavy atom. The van der Waals surface area contributed by atoms with Gasteiger partial charge in [0.25, 0.3) is 5.56 Å². The van der Waals surface area contributed by atoms with E-state index in [1.807, 2.05) is 6.92 Å². The zero-order chi connectivity index (χ0) is 20.4. The van der Waals surface area contributed by atoms with E-state index < -0.39 is 11.2 Å². The van der Waals surface area contributed by atoms with E-state index in [2.05, 4.69) is 22.3 Å². The normalized spacial score (nSPS) is 12.4. The van der Waals surface area contributed by atoms with Crippen molar-refractivity contribution in [3.8, 4) is 0 Å². The maximum absolute atomic E-state index is 12.4. The third kappa shape index (κ3) is 3.49. The predicted octanol–water partition coefficient (Wildman–Crippen LogP) is 1.02. The molecule has 0 aliphatic rings. The molecule has 0 fully saturated rings. The van der Waals surface area contributed by atoms with Gasteiger partial charge in [-0.2, -0.15) is 5.10 Å². The first-order valence-electron chi connectivity index (χ1n) is 9.29. The minimum Gasteiger partial charge on any atom is -0.325 e. The van der Waals surface area contributed by atoms with Crippen LogP contribution in [0.15, 0.2) is 28.2 Å². The third-order valence-electron chi connectivity index (χ3n) is 4.97. The zero-order valence-corrected chi connectivity index (χ0v) is 16.5. The first-order valence-corrected chi connectivity index (χ1v) is 9.29. The minimum absolute atomic E-state index is 0.116. The molecular weight excluding hydrogens is 362 g/mol. The Balaban J connectivity index is 1.68. The lowest BCUT2D eigenvalue weighted by molar-refractivity contribution is -0.116. The highest BCUT2D eigenvalue weighted by atomic mass is 16.2. The molecule has 3 heterocycles. The zero-order valence-electron chi connectivity index (χ0n) is 16.5. The van der Waals surface area contributed by atoms with Gasteiger partial charge in [0.15, 0.2) is 11.2 Å². The van der Waals surface area contributed by atoms with Crippen molar-refractivity contribution in [2.75, 3.05) is 5.32 Å². The third-order valence-corrected chi connectivity index (χ3v) is 4.97. The molecule has 1 unspecified atom stereocenters. The molecule has 0 saturated carbocycles. The van der Waals surface area contributed by atoms with Crippen LogP contribution in [0, 0.1) is 0 Å². The highest BCUT2D eigenvalue weighted by molar-refractivity contribution is 5.89. The Morgan fingerprint density at radius 2 is 2.00 bits per heavy atom. The summed E-state index contributed by atoms with van der Waals surface area (Å²) < 4.78 is 5.89. The fourth-order valence-electron chi connectivity index (χ4n) is 3.12. The molecule has 3 aromatic heterocycles. The summed E-state index contributed by atoms with van der Waals surface area (Å²) in [4.78, 5) is 40.9. The Labute approximate surface area is 161 Å². The molecule has 150 valence electrons. The van der Waals surface area contributed by atoms with Gasteiger partial charge in [-0.05, 0) is 19.8 Å². The van der Waals surface area contributed by atoms with Crippen molar-refractivity contribution in [2.45, 2.75) is 45.7 Å². The molecule has 0 aliphatic heterocycles. The van der Waals surface area contributed by atoms with Gasteiger partial charge in [0.2, 0.25) is 5.91 Å². The number of aromatic nitrogens is 6. The van der Waals surface area contributed by atoms with Gasteiger partial charge < -0.3 is 9.88 Å². The number of carbonyl (C=O) groups excluding carboxylic acids is 1. The van der Waals surface area contributed by atoms with Crippen LogP contribution >= 0.6 is 0 Å². The molecule has 3 rings (SSSR count). The second kappa shape index (κ2) is 7.83. The average molecular weight is 387 g/mol. The molecule has 1 amide bonds. The maximum Gasteiger partial charge on any atom is 0.332 e. The number of aryl methyl sites for hydroxylation is 2. The Bertz CT molecular complexity index is 1120. The number of amides is 1. The molecule has 0 aromatic carbocycles. The van der Waals surface area contributed by atoms with Crippen molar-refractivity contribution in [3.63, 3.8) is 0 Å². The summed E-state index contributed by atoms with van der Waals surface area (Å²) in [5.41, 5.74) is -0.104. The molecule has 0 bridgehead atoms. The van der Waals surface area contributed by atoms with Crippen molar-refractivity contribution < 1.29 is 4.79 Å². The highest BCUT2D eigenvalue weighted by Crippen LogP contribution is 2.16. The maximum atomic E-state index is 12.4. The summed E-state index contributed by atoms with van der Waals surface area (Å²) in [5, 5.41) is 7.14. The van der Waals surface area contributed by atoms with Gasteiger partial charge in [-0.25, -0.2) is 14.5 Å². The summed E-state index contributed by atoms with van der Waals surface area (Å²) in [6.07, 6.45) is 4.93. The minimum atomic E-state index is -0.417. The van der Waals surface area contributed by atoms with Crippen LogP contribution in [0.3, 0.4) is 0 Å². The van der Waals surface area contributed by atoms with Gasteiger partial charge in [0.1, 0.15) is 5.82 Å². The van der Waals surface area contributed by atoms with E-state index in [0.717, 1.165) is 11.0 Å². The number of nitrogens with one attached hydrogen (secondary N) is 1. The van der Waals surface area contributed by atoms with Crippen molar-refractivity contribution in [1.82, 2.24) is 28.5 Å². The summed E-state index contributed by atoms with van der Waals surface area (Å²) in [6.45, 7) is 4.55. The van der Waals surface area contributed by atoms with Gasteiger partial charge in [-0.1, -0.05) is 6.92 Å². The number of nitrogens with zero attached hydrogens (tertiary/aromatic N) is 6. The van der Waals surface area contributed by atoms with E-state index in [-0.39, 0.29) is 18.4 Å². The first-order chi connectivity index (χ1) is 13.3. The molecule has 3 aromatic rings. The lowest BCUT2D eigenvalue weighted by Crippen LogP contribution is -2.37. The van der Waals surface area contributed by atoms with E-state index >= 15 is 0 Å². The van der Waals surface area contributed by atoms with E-state index in [9.17, 15) is 14.4 Å². The summed E-state index contributed by atoms with van der Waals surface area (Å²) in [7, 11) is 3.02. The average Bonchev–Trinajstić information content (AvgIpc) is 3.31. The van der Waals surface area contributed by atoms with E-state index in [1.54, 1.807) is 28.6 Å². The molecule has 0 saturated heterocycles. The lowest BCUT2D eigenvalue weighted by Gasteiger charge is -2.14. The van der Waals surface area contributed by atoms with Crippen LogP contribution in [-0.4, -0.2) is 34.4 Å². The van der Waals surface area contributed by atoms with E-state index in [4.69, 9.17) is 0 Å². The number of carbonyl (C=O) groups is 1. The number of imidazole rings is 1. The standard InChI is InChI=1S/C18H25N7O3/c1-5-12(2)25-13(8-9-20-25)21-14(26)7-6-10-24-11-19-16-15(24)17(27)23(4)18(28)22(16)3/h8-9,11-12H,5-7,10H2,1-4H3,(H,21,26). The van der Waals surface area contributed by atoms with Crippen LogP contribution < -0.4 is 16.6 Å². The van der Waals surface area contributed by atoms with Crippen molar-refractivity contribution in [1.29, 1.82) is 0 Å². The van der Waals surface area contributed by atoms with Crippen LogP contribution in [0.5, 0.6) is 0 Å². The molecule has 1 N–H and O–H groups in total. The smallest absolute Gasteiger partial charge is 0.325 e. The van der Waals surface area contributed by atoms with Crippen LogP contribution in [0.2, 0.25) is 0 Å². The molecule has 10 nitrogen and oxygen atoms in total. The quantitative estimate of drug-likeness (QED) is 0.651. The molecule has 0 radical (unpaired) electrons. The monoisotopic (exact) mass is 387 g/mol. The molecule has 1 atom stereocenters. The van der Waals surface area contributed by atoms with Gasteiger partial charge in [0.05, 0.1) is 18.6 Å². The number of anilines is 1. The SMILES string of the molecule is CCC(C)n1nccc1NC(=O)CCCn1cnc2c1c(=O)n(C)c(=O)n2C. The van der Waals surface area contributed by atoms with Crippen LogP contribution in [0.4, 0.5) is 5.82 Å². The van der Waals surface area contributed by atoms with Crippen molar-refractivity contribution in [2.24, 2.45) is 14.1 Å². The van der Waals surface area contributed by atoms with Gasteiger partial charge in [-0.15, -0.1) is 0 Å². The van der Waals surface area contributed by atoms with Crippen LogP contribution in [-0.2, 0) is 25.4 Å². The van der Waals surface area contributed by atoms with E-state index in [0.29, 0.717) is 29.9 Å². The summed E-state index contributed by atoms with van der Waals surface area (Å²) in [6, 6.07) is 1.97. The second-order valence-corrected chi connectivity index (χ2v) is 6.89. The predicted molar refractivity (Wildman–Crippen MR) is 105 cm³/mol. The van der Waals surface area contributed by atoms with Crippen LogP contribution in [0.1, 0.15) is 39.2 Å². The van der Waals surface area contributed by atoms with Crippen molar-refractivity contribution in [3.05, 3.63) is 39.4 Å². The molecule has 28 heavy (non-hydrogen) atoms. The van der Waals surface area contributed by atoms with Gasteiger partial charge in [0, 0.05) is 33.1 Å². The number of hydrogen-bond donors (Lipinski definition) is 1. The Kier molecular flexibility index (Phi) is 5.48. The highest BCUT2D eigenvalue weighted by Gasteiger charge is 2.15. The number of rotatable bonds is 7. The van der Waals surface area contributed by atoms with Gasteiger partial charge in [-0.3, -0.25) is 18.7 Å².